The molecule has 1 amide bonds. The number of hydrogen-bond donors (Lipinski definition) is 1. The quantitative estimate of drug-likeness (QED) is 0.919. The molecule has 0 saturated carbocycles. The highest BCUT2D eigenvalue weighted by molar-refractivity contribution is 9.10. The Hall–Kier alpha value is -1.63. The van der Waals surface area contributed by atoms with Crippen LogP contribution in [0.4, 0.5) is 5.69 Å². The van der Waals surface area contributed by atoms with Gasteiger partial charge in [-0.25, -0.2) is 0 Å². The van der Waals surface area contributed by atoms with Crippen LogP contribution in [-0.4, -0.2) is 25.5 Å². The number of halogens is 1. The molecule has 2 aromatic rings. The van der Waals surface area contributed by atoms with E-state index in [2.05, 4.69) is 31.4 Å². The Balaban J connectivity index is 2.33. The van der Waals surface area contributed by atoms with E-state index in [0.717, 1.165) is 17.1 Å². The van der Waals surface area contributed by atoms with E-state index in [1.54, 1.807) is 17.9 Å². The normalized spacial score (nSPS) is 10.7. The van der Waals surface area contributed by atoms with Crippen LogP contribution in [0.2, 0.25) is 0 Å². The van der Waals surface area contributed by atoms with Crippen molar-refractivity contribution in [3.63, 3.8) is 0 Å². The van der Waals surface area contributed by atoms with Gasteiger partial charge >= 0.3 is 0 Å². The summed E-state index contributed by atoms with van der Waals surface area (Å²) < 4.78 is 3.94. The molecule has 0 aliphatic heterocycles. The fourth-order valence-electron chi connectivity index (χ4n) is 1.79. The second-order valence-corrected chi connectivity index (χ2v) is 4.94. The molecule has 2 aromatic heterocycles. The van der Waals surface area contributed by atoms with Gasteiger partial charge in [-0.1, -0.05) is 0 Å². The van der Waals surface area contributed by atoms with Crippen LogP contribution in [0.25, 0.3) is 0 Å². The Kier molecular flexibility index (Phi) is 3.25. The van der Waals surface area contributed by atoms with Crippen molar-refractivity contribution in [3.8, 4) is 0 Å². The molecule has 0 spiro atoms. The first-order chi connectivity index (χ1) is 8.41. The second kappa shape index (κ2) is 4.56. The summed E-state index contributed by atoms with van der Waals surface area (Å²) in [5.41, 5.74) is 2.94. The molecule has 0 saturated heterocycles. The van der Waals surface area contributed by atoms with E-state index in [-0.39, 0.29) is 5.91 Å². The summed E-state index contributed by atoms with van der Waals surface area (Å²) in [7, 11) is 3.57. The fourth-order valence-corrected chi connectivity index (χ4v) is 2.32. The van der Waals surface area contributed by atoms with Crippen molar-refractivity contribution in [2.75, 3.05) is 5.32 Å². The molecule has 0 aromatic carbocycles. The van der Waals surface area contributed by atoms with Crippen LogP contribution < -0.4 is 5.32 Å². The lowest BCUT2D eigenvalue weighted by molar-refractivity contribution is 0.101. The van der Waals surface area contributed by atoms with E-state index >= 15 is 0 Å². The van der Waals surface area contributed by atoms with Gasteiger partial charge in [-0.15, -0.1) is 0 Å². The number of carbonyl (C=O) groups excluding carboxylic acids is 1. The topological polar surface area (TPSA) is 64.7 Å². The number of carbonyl (C=O) groups is 1. The van der Waals surface area contributed by atoms with Gasteiger partial charge in [0.1, 0.15) is 5.69 Å². The molecule has 0 bridgehead atoms. The largest absolute Gasteiger partial charge is 0.317 e. The Morgan fingerprint density at radius 2 is 2.00 bits per heavy atom. The van der Waals surface area contributed by atoms with Crippen molar-refractivity contribution in [1.82, 2.24) is 19.6 Å². The SMILES string of the molecule is Cc1nn(C)c(C)c1NC(=O)c1c(Br)cnn1C. The molecule has 1 N–H and O–H groups in total. The van der Waals surface area contributed by atoms with Gasteiger partial charge in [-0.2, -0.15) is 10.2 Å². The summed E-state index contributed by atoms with van der Waals surface area (Å²) in [4.78, 5) is 12.2. The summed E-state index contributed by atoms with van der Waals surface area (Å²) in [6, 6.07) is 0. The third kappa shape index (κ3) is 2.05. The number of hydrogen-bond acceptors (Lipinski definition) is 3. The smallest absolute Gasteiger partial charge is 0.275 e. The summed E-state index contributed by atoms with van der Waals surface area (Å²) in [5.74, 6) is -0.207. The number of amides is 1. The van der Waals surface area contributed by atoms with E-state index in [1.807, 2.05) is 20.9 Å². The Morgan fingerprint density at radius 3 is 2.44 bits per heavy atom. The molecule has 18 heavy (non-hydrogen) atoms. The molecule has 0 radical (unpaired) electrons. The number of rotatable bonds is 2. The van der Waals surface area contributed by atoms with E-state index < -0.39 is 0 Å². The first kappa shape index (κ1) is 12.8. The molecule has 0 unspecified atom stereocenters. The molecular formula is C11H14BrN5O. The maximum absolute atomic E-state index is 12.2. The second-order valence-electron chi connectivity index (χ2n) is 4.09. The molecular weight excluding hydrogens is 298 g/mol. The van der Waals surface area contributed by atoms with E-state index in [4.69, 9.17) is 0 Å². The van der Waals surface area contributed by atoms with Crippen LogP contribution >= 0.6 is 15.9 Å². The third-order valence-corrected chi connectivity index (χ3v) is 3.44. The first-order valence-electron chi connectivity index (χ1n) is 5.41. The molecule has 96 valence electrons. The number of anilines is 1. The first-order valence-corrected chi connectivity index (χ1v) is 6.20. The maximum Gasteiger partial charge on any atom is 0.275 e. The summed E-state index contributed by atoms with van der Waals surface area (Å²) in [6.45, 7) is 3.77. The van der Waals surface area contributed by atoms with Crippen LogP contribution in [0.3, 0.4) is 0 Å². The standard InChI is InChI=1S/C11H14BrN5O/c1-6-9(7(2)16(3)15-6)14-11(18)10-8(12)5-13-17(10)4/h5H,1-4H3,(H,14,18). The molecule has 2 heterocycles. The molecule has 2 rings (SSSR count). The lowest BCUT2D eigenvalue weighted by atomic mass is 10.3. The van der Waals surface area contributed by atoms with Gasteiger partial charge in [-0.05, 0) is 29.8 Å². The van der Waals surface area contributed by atoms with Crippen LogP contribution in [-0.2, 0) is 14.1 Å². The molecule has 0 atom stereocenters. The Labute approximate surface area is 113 Å². The van der Waals surface area contributed by atoms with Gasteiger partial charge in [0.2, 0.25) is 0 Å². The van der Waals surface area contributed by atoms with Gasteiger partial charge in [0.25, 0.3) is 5.91 Å². The number of aryl methyl sites for hydroxylation is 3. The number of aromatic nitrogens is 4. The Bertz CT molecular complexity index is 594. The minimum Gasteiger partial charge on any atom is -0.317 e. The van der Waals surface area contributed by atoms with E-state index in [9.17, 15) is 4.79 Å². The van der Waals surface area contributed by atoms with Gasteiger partial charge in [0.15, 0.2) is 0 Å². The summed E-state index contributed by atoms with van der Waals surface area (Å²) >= 11 is 3.31. The van der Waals surface area contributed by atoms with Crippen LogP contribution in [0.15, 0.2) is 10.7 Å². The van der Waals surface area contributed by atoms with Crippen molar-refractivity contribution < 1.29 is 4.79 Å². The maximum atomic E-state index is 12.2. The lowest BCUT2D eigenvalue weighted by Crippen LogP contribution is -2.17. The van der Waals surface area contributed by atoms with Gasteiger partial charge in [0, 0.05) is 14.1 Å². The summed E-state index contributed by atoms with van der Waals surface area (Å²) in [6.07, 6.45) is 1.60. The Morgan fingerprint density at radius 1 is 1.33 bits per heavy atom. The van der Waals surface area contributed by atoms with E-state index in [0.29, 0.717) is 10.2 Å². The van der Waals surface area contributed by atoms with Crippen molar-refractivity contribution in [1.29, 1.82) is 0 Å². The average molecular weight is 312 g/mol. The van der Waals surface area contributed by atoms with Crippen molar-refractivity contribution >= 4 is 27.5 Å². The van der Waals surface area contributed by atoms with Crippen molar-refractivity contribution in [2.24, 2.45) is 14.1 Å². The number of nitrogens with zero attached hydrogens (tertiary/aromatic N) is 4. The zero-order valence-corrected chi connectivity index (χ0v) is 12.2. The van der Waals surface area contributed by atoms with Gasteiger partial charge in [0.05, 0.1) is 27.7 Å². The summed E-state index contributed by atoms with van der Waals surface area (Å²) in [5, 5.41) is 11.1. The monoisotopic (exact) mass is 311 g/mol. The molecule has 0 aliphatic rings. The molecule has 0 aliphatic carbocycles. The predicted octanol–water partition coefficient (Wildman–Crippen LogP) is 1.79. The average Bonchev–Trinajstić information content (AvgIpc) is 2.74. The zero-order chi connectivity index (χ0) is 13.4. The van der Waals surface area contributed by atoms with E-state index in [1.165, 1.54) is 4.68 Å². The molecule has 6 nitrogen and oxygen atoms in total. The number of nitrogens with one attached hydrogen (secondary N) is 1. The third-order valence-electron chi connectivity index (χ3n) is 2.86. The molecule has 0 fully saturated rings. The van der Waals surface area contributed by atoms with Crippen molar-refractivity contribution in [3.05, 3.63) is 27.8 Å². The minimum absolute atomic E-state index is 0.207. The van der Waals surface area contributed by atoms with Crippen LogP contribution in [0.1, 0.15) is 21.9 Å². The highest BCUT2D eigenvalue weighted by Crippen LogP contribution is 2.21. The fraction of sp³-hybridized carbons (Fsp3) is 0.364. The van der Waals surface area contributed by atoms with Crippen molar-refractivity contribution in [2.45, 2.75) is 13.8 Å². The molecule has 7 heteroatoms. The minimum atomic E-state index is -0.207. The highest BCUT2D eigenvalue weighted by atomic mass is 79.9. The van der Waals surface area contributed by atoms with Gasteiger partial charge < -0.3 is 5.32 Å². The van der Waals surface area contributed by atoms with Crippen LogP contribution in [0.5, 0.6) is 0 Å². The lowest BCUT2D eigenvalue weighted by Gasteiger charge is -2.06. The highest BCUT2D eigenvalue weighted by Gasteiger charge is 2.18. The predicted molar refractivity (Wildman–Crippen MR) is 71.5 cm³/mol. The zero-order valence-electron chi connectivity index (χ0n) is 10.7. The van der Waals surface area contributed by atoms with Crippen LogP contribution in [0, 0.1) is 13.8 Å². The van der Waals surface area contributed by atoms with Gasteiger partial charge in [-0.3, -0.25) is 14.2 Å².